The summed E-state index contributed by atoms with van der Waals surface area (Å²) in [5, 5.41) is 14.6. The van der Waals surface area contributed by atoms with Crippen molar-refractivity contribution in [2.75, 3.05) is 11.9 Å². The number of ether oxygens (including phenoxy) is 1. The van der Waals surface area contributed by atoms with Gasteiger partial charge in [0.15, 0.2) is 11.2 Å². The zero-order chi connectivity index (χ0) is 25.8. The number of nitro groups is 1. The Hall–Kier alpha value is -4.74. The number of imidazole rings is 1. The lowest BCUT2D eigenvalue weighted by molar-refractivity contribution is -0.384. The van der Waals surface area contributed by atoms with Crippen LogP contribution >= 0.6 is 0 Å². The minimum absolute atomic E-state index is 0.0244. The van der Waals surface area contributed by atoms with E-state index in [1.54, 1.807) is 11.6 Å². The summed E-state index contributed by atoms with van der Waals surface area (Å²) in [6, 6.07) is 13.5. The Morgan fingerprint density at radius 1 is 1.14 bits per heavy atom. The Bertz CT molecular complexity index is 1550. The first kappa shape index (κ1) is 24.4. The van der Waals surface area contributed by atoms with Crippen LogP contribution < -0.4 is 16.6 Å². The van der Waals surface area contributed by atoms with E-state index in [9.17, 15) is 24.5 Å². The molecule has 186 valence electrons. The molecule has 0 aliphatic carbocycles. The van der Waals surface area contributed by atoms with Gasteiger partial charge in [-0.1, -0.05) is 30.3 Å². The largest absolute Gasteiger partial charge is 0.462 e. The van der Waals surface area contributed by atoms with Gasteiger partial charge >= 0.3 is 11.7 Å². The number of rotatable bonds is 9. The molecule has 0 saturated carbocycles. The van der Waals surface area contributed by atoms with Gasteiger partial charge in [0.05, 0.1) is 23.4 Å². The van der Waals surface area contributed by atoms with Gasteiger partial charge in [-0.3, -0.25) is 24.0 Å². The molecule has 0 saturated heterocycles. The summed E-state index contributed by atoms with van der Waals surface area (Å²) in [7, 11) is 3.19. The van der Waals surface area contributed by atoms with Crippen LogP contribution in [0.5, 0.6) is 0 Å². The molecule has 0 radical (unpaired) electrons. The van der Waals surface area contributed by atoms with Crippen molar-refractivity contribution in [2.24, 2.45) is 14.1 Å². The molecule has 0 fully saturated rings. The van der Waals surface area contributed by atoms with Gasteiger partial charge in [0.1, 0.15) is 5.69 Å². The lowest BCUT2D eigenvalue weighted by Crippen LogP contribution is -2.39. The van der Waals surface area contributed by atoms with E-state index < -0.39 is 22.1 Å². The molecule has 2 aromatic carbocycles. The fraction of sp³-hybridized carbons (Fsp3) is 0.250. The van der Waals surface area contributed by atoms with E-state index >= 15 is 0 Å². The van der Waals surface area contributed by atoms with Gasteiger partial charge in [0, 0.05) is 33.3 Å². The Morgan fingerprint density at radius 3 is 2.61 bits per heavy atom. The van der Waals surface area contributed by atoms with E-state index in [0.717, 1.165) is 16.2 Å². The third-order valence-corrected chi connectivity index (χ3v) is 5.72. The molecule has 2 aromatic heterocycles. The molecular weight excluding hydrogens is 468 g/mol. The van der Waals surface area contributed by atoms with Crippen molar-refractivity contribution in [3.8, 4) is 0 Å². The van der Waals surface area contributed by atoms with Gasteiger partial charge in [-0.2, -0.15) is 0 Å². The van der Waals surface area contributed by atoms with Crippen LogP contribution in [-0.2, 0) is 31.9 Å². The number of anilines is 1. The number of hydrogen-bond acceptors (Lipinski definition) is 8. The number of hydrogen-bond donors (Lipinski definition) is 1. The molecule has 0 amide bonds. The maximum absolute atomic E-state index is 12.7. The van der Waals surface area contributed by atoms with Crippen LogP contribution in [0.1, 0.15) is 22.3 Å². The topological polar surface area (TPSA) is 143 Å². The molecule has 0 aliphatic rings. The van der Waals surface area contributed by atoms with Crippen LogP contribution in [0, 0.1) is 10.1 Å². The number of carbonyl (C=O) groups is 1. The Labute approximate surface area is 204 Å². The second kappa shape index (κ2) is 10.3. The number of nitrogens with zero attached hydrogens (tertiary/aromatic N) is 5. The minimum atomic E-state index is -0.741. The Morgan fingerprint density at radius 2 is 1.89 bits per heavy atom. The molecule has 0 unspecified atom stereocenters. The molecule has 0 atom stereocenters. The zero-order valence-corrected chi connectivity index (χ0v) is 19.7. The fourth-order valence-corrected chi connectivity index (χ4v) is 3.82. The van der Waals surface area contributed by atoms with Crippen molar-refractivity contribution >= 4 is 28.5 Å². The van der Waals surface area contributed by atoms with Gasteiger partial charge < -0.3 is 14.6 Å². The summed E-state index contributed by atoms with van der Waals surface area (Å²) < 4.78 is 9.13. The molecular formula is C24H24N6O6. The molecule has 1 N–H and O–H groups in total. The van der Waals surface area contributed by atoms with Crippen LogP contribution in [0.2, 0.25) is 0 Å². The lowest BCUT2D eigenvalue weighted by atomic mass is 10.1. The first-order chi connectivity index (χ1) is 17.3. The molecule has 0 bridgehead atoms. The fourth-order valence-electron chi connectivity index (χ4n) is 3.82. The highest BCUT2D eigenvalue weighted by molar-refractivity contribution is 5.91. The quantitative estimate of drug-likeness (QED) is 0.162. The van der Waals surface area contributed by atoms with Gasteiger partial charge in [-0.15, -0.1) is 0 Å². The van der Waals surface area contributed by atoms with Crippen LogP contribution in [0.25, 0.3) is 11.2 Å². The maximum atomic E-state index is 12.7. The summed E-state index contributed by atoms with van der Waals surface area (Å²) in [6.45, 7) is 0.330. The van der Waals surface area contributed by atoms with Crippen LogP contribution in [0.4, 0.5) is 11.4 Å². The average Bonchev–Trinajstić information content (AvgIpc) is 3.27. The third kappa shape index (κ3) is 4.87. The van der Waals surface area contributed by atoms with E-state index in [1.165, 1.54) is 30.1 Å². The summed E-state index contributed by atoms with van der Waals surface area (Å²) in [5.41, 5.74) is 0.588. The lowest BCUT2D eigenvalue weighted by Gasteiger charge is -2.10. The van der Waals surface area contributed by atoms with Crippen molar-refractivity contribution in [1.82, 2.24) is 18.7 Å². The number of benzene rings is 2. The van der Waals surface area contributed by atoms with Gasteiger partial charge in [-0.05, 0) is 24.1 Å². The number of fused-ring (bicyclic) bond motifs is 1. The molecule has 12 heteroatoms. The van der Waals surface area contributed by atoms with Crippen LogP contribution in [0.15, 0.2) is 64.4 Å². The third-order valence-electron chi connectivity index (χ3n) is 5.72. The predicted molar refractivity (Wildman–Crippen MR) is 132 cm³/mol. The highest BCUT2D eigenvalue weighted by atomic mass is 16.6. The molecule has 36 heavy (non-hydrogen) atoms. The van der Waals surface area contributed by atoms with E-state index in [0.29, 0.717) is 17.7 Å². The number of aryl methyl sites for hydroxylation is 2. The monoisotopic (exact) mass is 492 g/mol. The smallest absolute Gasteiger partial charge is 0.338 e. The van der Waals surface area contributed by atoms with Crippen molar-refractivity contribution < 1.29 is 14.5 Å². The normalized spacial score (nSPS) is 10.9. The highest BCUT2D eigenvalue weighted by Gasteiger charge is 2.19. The van der Waals surface area contributed by atoms with Crippen molar-refractivity contribution in [3.05, 3.63) is 96.9 Å². The summed E-state index contributed by atoms with van der Waals surface area (Å²) in [4.78, 5) is 52.8. The van der Waals surface area contributed by atoms with Crippen molar-refractivity contribution in [3.63, 3.8) is 0 Å². The first-order valence-corrected chi connectivity index (χ1v) is 11.1. The highest BCUT2D eigenvalue weighted by Crippen LogP contribution is 2.26. The van der Waals surface area contributed by atoms with E-state index in [2.05, 4.69) is 10.3 Å². The Balaban J connectivity index is 1.40. The first-order valence-electron chi connectivity index (χ1n) is 11.1. The molecule has 4 aromatic rings. The predicted octanol–water partition coefficient (Wildman–Crippen LogP) is 2.20. The SMILES string of the molecule is Cn1cnc2c1c(=O)n(CCCOC(=O)c1ccc(NCc3ccccc3)c([N+](=O)[O-])c1)c(=O)n2C. The van der Waals surface area contributed by atoms with Crippen molar-refractivity contribution in [1.29, 1.82) is 0 Å². The van der Waals surface area contributed by atoms with Gasteiger partial charge in [-0.25, -0.2) is 14.6 Å². The van der Waals surface area contributed by atoms with E-state index in [-0.39, 0.29) is 36.5 Å². The van der Waals surface area contributed by atoms with E-state index in [1.807, 2.05) is 30.3 Å². The number of nitro benzene ring substituents is 1. The van der Waals surface area contributed by atoms with Gasteiger partial charge in [0.25, 0.3) is 11.2 Å². The van der Waals surface area contributed by atoms with E-state index in [4.69, 9.17) is 4.74 Å². The number of carbonyl (C=O) groups excluding carboxylic acids is 1. The summed E-state index contributed by atoms with van der Waals surface area (Å²) >= 11 is 0. The summed E-state index contributed by atoms with van der Waals surface area (Å²) in [6.07, 6.45) is 1.66. The number of aromatic nitrogens is 4. The minimum Gasteiger partial charge on any atom is -0.462 e. The number of esters is 1. The van der Waals surface area contributed by atoms with Crippen LogP contribution in [-0.4, -0.2) is 36.2 Å². The molecule has 12 nitrogen and oxygen atoms in total. The van der Waals surface area contributed by atoms with Crippen LogP contribution in [0.3, 0.4) is 0 Å². The number of nitrogens with one attached hydrogen (secondary N) is 1. The molecule has 0 aliphatic heterocycles. The van der Waals surface area contributed by atoms with Crippen molar-refractivity contribution in [2.45, 2.75) is 19.5 Å². The zero-order valence-electron chi connectivity index (χ0n) is 19.7. The standard InChI is InChI=1S/C24H24N6O6/c1-27-15-26-21-20(27)22(31)29(24(33)28(21)2)11-6-12-36-23(32)17-9-10-18(19(13-17)30(34)35)25-14-16-7-4-3-5-8-16/h3-5,7-10,13,15,25H,6,11-12,14H2,1-2H3. The molecule has 2 heterocycles. The molecule has 4 rings (SSSR count). The summed E-state index contributed by atoms with van der Waals surface area (Å²) in [5.74, 6) is -0.741. The van der Waals surface area contributed by atoms with Gasteiger partial charge in [0.2, 0.25) is 0 Å². The second-order valence-electron chi connectivity index (χ2n) is 8.14. The Kier molecular flexibility index (Phi) is 6.95. The average molecular weight is 492 g/mol. The second-order valence-corrected chi connectivity index (χ2v) is 8.14. The maximum Gasteiger partial charge on any atom is 0.338 e. The molecule has 0 spiro atoms.